The highest BCUT2D eigenvalue weighted by molar-refractivity contribution is 5.81. The molecule has 0 aromatic carbocycles. The van der Waals surface area contributed by atoms with Gasteiger partial charge in [-0.15, -0.1) is 0 Å². The monoisotopic (exact) mass is 187 g/mol. The normalized spacial score (nSPS) is 13.2. The highest BCUT2D eigenvalue weighted by Crippen LogP contribution is 1.82. The van der Waals surface area contributed by atoms with Crippen molar-refractivity contribution in [2.45, 2.75) is 19.9 Å². The molecule has 0 aromatic heterocycles. The number of hydrogen-bond acceptors (Lipinski definition) is 4. The first-order chi connectivity index (χ1) is 6.20. The van der Waals surface area contributed by atoms with Gasteiger partial charge in [0.1, 0.15) is 0 Å². The summed E-state index contributed by atoms with van der Waals surface area (Å²) in [5.74, 6) is -0.332. The molecule has 0 aliphatic rings. The Morgan fingerprint density at radius 3 is 2.92 bits per heavy atom. The summed E-state index contributed by atoms with van der Waals surface area (Å²) in [5, 5.41) is 11.6. The highest BCUT2D eigenvalue weighted by Gasteiger charge is 1.95. The van der Waals surface area contributed by atoms with Crippen molar-refractivity contribution in [1.29, 1.82) is 0 Å². The molecule has 0 heterocycles. The highest BCUT2D eigenvalue weighted by atomic mass is 16.5. The maximum Gasteiger partial charge on any atom is 0.330 e. The summed E-state index contributed by atoms with van der Waals surface area (Å²) in [5.41, 5.74) is 0. The van der Waals surface area contributed by atoms with Crippen LogP contribution in [0, 0.1) is 0 Å². The van der Waals surface area contributed by atoms with Gasteiger partial charge in [0, 0.05) is 18.7 Å². The van der Waals surface area contributed by atoms with Crippen molar-refractivity contribution in [2.75, 3.05) is 19.8 Å². The molecule has 13 heavy (non-hydrogen) atoms. The fourth-order valence-electron chi connectivity index (χ4n) is 0.679. The van der Waals surface area contributed by atoms with Gasteiger partial charge in [0.25, 0.3) is 0 Å². The first kappa shape index (κ1) is 12.1. The van der Waals surface area contributed by atoms with Gasteiger partial charge in [-0.05, 0) is 13.8 Å². The predicted octanol–water partition coefficient (Wildman–Crippen LogP) is 0.0761. The molecule has 0 amide bonds. The summed E-state index contributed by atoms with van der Waals surface area (Å²) >= 11 is 0. The molecule has 0 aromatic rings. The number of aliphatic hydroxyl groups excluding tert-OH is 1. The average molecular weight is 187 g/mol. The third kappa shape index (κ3) is 7.49. The fourth-order valence-corrected chi connectivity index (χ4v) is 0.679. The molecule has 0 saturated heterocycles. The van der Waals surface area contributed by atoms with Crippen LogP contribution in [0.3, 0.4) is 0 Å². The van der Waals surface area contributed by atoms with E-state index in [0.717, 1.165) is 0 Å². The number of carbonyl (C=O) groups is 1. The maximum absolute atomic E-state index is 10.8. The Morgan fingerprint density at radius 2 is 2.38 bits per heavy atom. The number of aliphatic hydroxyl groups is 1. The van der Waals surface area contributed by atoms with Crippen LogP contribution in [0.2, 0.25) is 0 Å². The van der Waals surface area contributed by atoms with Crippen LogP contribution in [0.1, 0.15) is 13.8 Å². The lowest BCUT2D eigenvalue weighted by Crippen LogP contribution is -2.29. The third-order valence-corrected chi connectivity index (χ3v) is 1.40. The van der Waals surface area contributed by atoms with E-state index in [-0.39, 0.29) is 18.6 Å². The summed E-state index contributed by atoms with van der Waals surface area (Å²) in [4.78, 5) is 10.8. The van der Waals surface area contributed by atoms with Crippen molar-refractivity contribution in [1.82, 2.24) is 5.32 Å². The van der Waals surface area contributed by atoms with Crippen molar-refractivity contribution in [3.8, 4) is 0 Å². The Morgan fingerprint density at radius 1 is 1.69 bits per heavy atom. The van der Waals surface area contributed by atoms with Crippen molar-refractivity contribution < 1.29 is 14.6 Å². The number of esters is 1. The Bertz CT molecular complexity index is 168. The van der Waals surface area contributed by atoms with Gasteiger partial charge in [-0.2, -0.15) is 0 Å². The van der Waals surface area contributed by atoms with E-state index in [1.165, 1.54) is 6.08 Å². The van der Waals surface area contributed by atoms with E-state index < -0.39 is 0 Å². The average Bonchev–Trinajstić information content (AvgIpc) is 2.12. The molecule has 0 aliphatic carbocycles. The smallest absolute Gasteiger partial charge is 0.330 e. The number of nitrogens with one attached hydrogen (secondary N) is 1. The van der Waals surface area contributed by atoms with E-state index in [9.17, 15) is 4.79 Å². The minimum Gasteiger partial charge on any atom is -0.463 e. The Hall–Kier alpha value is -0.870. The molecular weight excluding hydrogens is 170 g/mol. The zero-order valence-electron chi connectivity index (χ0n) is 8.12. The first-order valence-corrected chi connectivity index (χ1v) is 4.38. The van der Waals surface area contributed by atoms with Crippen molar-refractivity contribution in [3.63, 3.8) is 0 Å². The standard InChI is InChI=1S/C9H17NO3/c1-3-13-9(12)5-4-6-10-8(2)7-11/h4-5,8,10-11H,3,6-7H2,1-2H3/b5-4+. The van der Waals surface area contributed by atoms with Crippen LogP contribution >= 0.6 is 0 Å². The van der Waals surface area contributed by atoms with Gasteiger partial charge in [-0.1, -0.05) is 6.08 Å². The molecule has 2 N–H and O–H groups in total. The number of ether oxygens (including phenoxy) is 1. The predicted molar refractivity (Wildman–Crippen MR) is 50.3 cm³/mol. The zero-order chi connectivity index (χ0) is 10.1. The quantitative estimate of drug-likeness (QED) is 0.456. The summed E-state index contributed by atoms with van der Waals surface area (Å²) in [6.07, 6.45) is 3.05. The van der Waals surface area contributed by atoms with Crippen LogP contribution in [0.4, 0.5) is 0 Å². The zero-order valence-corrected chi connectivity index (χ0v) is 8.12. The van der Waals surface area contributed by atoms with Crippen LogP contribution in [-0.2, 0) is 9.53 Å². The summed E-state index contributed by atoms with van der Waals surface area (Å²) in [6, 6.07) is 0.0480. The lowest BCUT2D eigenvalue weighted by molar-refractivity contribution is -0.137. The van der Waals surface area contributed by atoms with Crippen molar-refractivity contribution >= 4 is 5.97 Å². The van der Waals surface area contributed by atoms with Gasteiger partial charge in [0.2, 0.25) is 0 Å². The molecule has 0 radical (unpaired) electrons. The summed E-state index contributed by atoms with van der Waals surface area (Å²) in [6.45, 7) is 4.66. The second-order valence-corrected chi connectivity index (χ2v) is 2.65. The Kier molecular flexibility index (Phi) is 7.24. The van der Waals surface area contributed by atoms with Gasteiger partial charge in [-0.3, -0.25) is 0 Å². The molecule has 76 valence electrons. The SMILES string of the molecule is CCOC(=O)/C=C/CNC(C)CO. The molecule has 0 saturated carbocycles. The second kappa shape index (κ2) is 7.76. The lowest BCUT2D eigenvalue weighted by atomic mass is 10.3. The van der Waals surface area contributed by atoms with Crippen LogP contribution in [-0.4, -0.2) is 36.9 Å². The van der Waals surface area contributed by atoms with Crippen LogP contribution < -0.4 is 5.32 Å². The third-order valence-electron chi connectivity index (χ3n) is 1.40. The Balaban J connectivity index is 3.46. The molecule has 1 atom stereocenters. The van der Waals surface area contributed by atoms with E-state index in [1.54, 1.807) is 13.0 Å². The van der Waals surface area contributed by atoms with E-state index >= 15 is 0 Å². The van der Waals surface area contributed by atoms with Gasteiger partial charge < -0.3 is 15.2 Å². The van der Waals surface area contributed by atoms with E-state index in [4.69, 9.17) is 5.11 Å². The van der Waals surface area contributed by atoms with Gasteiger partial charge in [-0.25, -0.2) is 4.79 Å². The Labute approximate surface area is 78.6 Å². The molecule has 1 unspecified atom stereocenters. The van der Waals surface area contributed by atoms with Crippen LogP contribution in [0.5, 0.6) is 0 Å². The minimum atomic E-state index is -0.332. The largest absolute Gasteiger partial charge is 0.463 e. The fraction of sp³-hybridized carbons (Fsp3) is 0.667. The molecular formula is C9H17NO3. The molecule has 0 aliphatic heterocycles. The van der Waals surface area contributed by atoms with Crippen molar-refractivity contribution in [3.05, 3.63) is 12.2 Å². The van der Waals surface area contributed by atoms with E-state index in [2.05, 4.69) is 10.1 Å². The van der Waals surface area contributed by atoms with E-state index in [0.29, 0.717) is 13.2 Å². The molecule has 4 heteroatoms. The number of carbonyl (C=O) groups excluding carboxylic acids is 1. The first-order valence-electron chi connectivity index (χ1n) is 4.38. The summed E-state index contributed by atoms with van der Waals surface area (Å²) < 4.78 is 4.67. The number of rotatable bonds is 6. The van der Waals surface area contributed by atoms with Crippen LogP contribution in [0.25, 0.3) is 0 Å². The van der Waals surface area contributed by atoms with Gasteiger partial charge >= 0.3 is 5.97 Å². The molecule has 0 rings (SSSR count). The van der Waals surface area contributed by atoms with Gasteiger partial charge in [0.05, 0.1) is 13.2 Å². The van der Waals surface area contributed by atoms with Crippen LogP contribution in [0.15, 0.2) is 12.2 Å². The van der Waals surface area contributed by atoms with Gasteiger partial charge in [0.15, 0.2) is 0 Å². The topological polar surface area (TPSA) is 58.6 Å². The maximum atomic E-state index is 10.8. The minimum absolute atomic E-state index is 0.0480. The lowest BCUT2D eigenvalue weighted by Gasteiger charge is -2.06. The number of hydrogen-bond donors (Lipinski definition) is 2. The molecule has 0 fully saturated rings. The van der Waals surface area contributed by atoms with Crippen molar-refractivity contribution in [2.24, 2.45) is 0 Å². The van der Waals surface area contributed by atoms with E-state index in [1.807, 2.05) is 6.92 Å². The molecule has 4 nitrogen and oxygen atoms in total. The molecule has 0 spiro atoms. The second-order valence-electron chi connectivity index (χ2n) is 2.65. The summed E-state index contributed by atoms with van der Waals surface area (Å²) in [7, 11) is 0. The molecule has 0 bridgehead atoms.